The lowest BCUT2D eigenvalue weighted by Crippen LogP contribution is -2.17. The third-order valence-electron chi connectivity index (χ3n) is 1.90. The van der Waals surface area contributed by atoms with E-state index in [-0.39, 0.29) is 20.4 Å². The lowest BCUT2D eigenvalue weighted by atomic mass is 10.4. The highest BCUT2D eigenvalue weighted by Gasteiger charge is 2.15. The van der Waals surface area contributed by atoms with E-state index in [1.54, 1.807) is 18.0 Å². The van der Waals surface area contributed by atoms with E-state index >= 15 is 0 Å². The Morgan fingerprint density at radius 2 is 1.89 bits per heavy atom. The summed E-state index contributed by atoms with van der Waals surface area (Å²) < 4.78 is 0. The predicted molar refractivity (Wildman–Crippen MR) is 73.6 cm³/mol. The van der Waals surface area contributed by atoms with Crippen LogP contribution in [0.5, 0.6) is 0 Å². The lowest BCUT2D eigenvalue weighted by molar-refractivity contribution is 0.458. The molecule has 0 aliphatic carbocycles. The summed E-state index contributed by atoms with van der Waals surface area (Å²) in [5.41, 5.74) is 0.179. The smallest absolute Gasteiger partial charge is 0.140 e. The van der Waals surface area contributed by atoms with Crippen molar-refractivity contribution in [1.29, 1.82) is 21.2 Å². The van der Waals surface area contributed by atoms with E-state index in [1.807, 2.05) is 24.9 Å². The Kier molecular flexibility index (Phi) is 7.12. The molecule has 0 aromatic carbocycles. The number of allylic oxidation sites excluding steroid dienone is 3. The van der Waals surface area contributed by atoms with Gasteiger partial charge in [-0.2, -0.15) is 15.8 Å². The van der Waals surface area contributed by atoms with Crippen LogP contribution in [0.3, 0.4) is 0 Å². The van der Waals surface area contributed by atoms with Gasteiger partial charge in [-0.25, -0.2) is 0 Å². The molecule has 90 valence electrons. The van der Waals surface area contributed by atoms with Gasteiger partial charge in [0.05, 0.1) is 0 Å². The summed E-state index contributed by atoms with van der Waals surface area (Å²) in [6, 6.07) is 5.51. The molecule has 0 radical (unpaired) electrons. The Morgan fingerprint density at radius 3 is 2.22 bits per heavy atom. The van der Waals surface area contributed by atoms with Gasteiger partial charge >= 0.3 is 0 Å². The third-order valence-corrected chi connectivity index (χ3v) is 3.33. The fourth-order valence-electron chi connectivity index (χ4n) is 0.873. The fourth-order valence-corrected chi connectivity index (χ4v) is 1.79. The molecular formula is C11H9N5S2. The van der Waals surface area contributed by atoms with E-state index in [9.17, 15) is 0 Å². The zero-order valence-corrected chi connectivity index (χ0v) is 11.4. The Balaban J connectivity index is 5.52. The van der Waals surface area contributed by atoms with Crippen molar-refractivity contribution in [3.63, 3.8) is 0 Å². The Labute approximate surface area is 115 Å². The van der Waals surface area contributed by atoms with Crippen LogP contribution < -0.4 is 0 Å². The fraction of sp³-hybridized carbons (Fsp3) is 0.273. The molecular weight excluding hydrogens is 266 g/mol. The molecule has 0 aromatic rings. The second-order valence-electron chi connectivity index (χ2n) is 2.91. The molecule has 0 aromatic heterocycles. The van der Waals surface area contributed by atoms with Crippen molar-refractivity contribution in [3.05, 3.63) is 15.5 Å². The van der Waals surface area contributed by atoms with Gasteiger partial charge in [0.2, 0.25) is 0 Å². The summed E-state index contributed by atoms with van der Waals surface area (Å²) in [6.07, 6.45) is 0. The summed E-state index contributed by atoms with van der Waals surface area (Å²) in [5.74, 6) is 2.01. The zero-order chi connectivity index (χ0) is 14.1. The minimum absolute atomic E-state index is 0.0568. The highest BCUT2D eigenvalue weighted by Crippen LogP contribution is 2.27. The van der Waals surface area contributed by atoms with Gasteiger partial charge < -0.3 is 4.90 Å². The average Bonchev–Trinajstić information content (AvgIpc) is 2.41. The minimum Gasteiger partial charge on any atom is -0.365 e. The molecule has 0 rings (SSSR count). The standard InChI is InChI=1S/C11H9N5S2/c1-3-16(2)8(4-12)10(6-14)18-11(7-15)9(17)5-13/h15H,3H2,1-2H3/b10-8+. The maximum atomic E-state index is 9.04. The van der Waals surface area contributed by atoms with Crippen molar-refractivity contribution in [3.8, 4) is 18.2 Å². The van der Waals surface area contributed by atoms with E-state index in [2.05, 4.69) is 0 Å². The molecule has 0 atom stereocenters. The highest BCUT2D eigenvalue weighted by atomic mass is 32.2. The molecule has 7 heteroatoms. The molecule has 18 heavy (non-hydrogen) atoms. The van der Waals surface area contributed by atoms with Gasteiger partial charge in [0.1, 0.15) is 38.6 Å². The number of nitrogens with one attached hydrogen (secondary N) is 1. The second-order valence-corrected chi connectivity index (χ2v) is 4.34. The molecule has 0 fully saturated rings. The SMILES string of the molecule is CCN(C)/C(C#N)=C(\C#N)SC(=C=N)C(=S)C#N. The van der Waals surface area contributed by atoms with Crippen molar-refractivity contribution in [2.45, 2.75) is 6.92 Å². The monoisotopic (exact) mass is 275 g/mol. The number of nitriles is 3. The van der Waals surface area contributed by atoms with Crippen molar-refractivity contribution in [2.75, 3.05) is 13.6 Å². The molecule has 0 saturated carbocycles. The van der Waals surface area contributed by atoms with E-state index in [4.69, 9.17) is 33.4 Å². The zero-order valence-electron chi connectivity index (χ0n) is 9.81. The number of thioether (sulfide) groups is 1. The van der Waals surface area contributed by atoms with Crippen molar-refractivity contribution >= 4 is 34.7 Å². The second kappa shape index (κ2) is 8.06. The Bertz CT molecular complexity index is 549. The van der Waals surface area contributed by atoms with Crippen LogP contribution in [-0.4, -0.2) is 29.2 Å². The van der Waals surface area contributed by atoms with Crippen molar-refractivity contribution in [2.24, 2.45) is 0 Å². The number of rotatable bonds is 5. The maximum Gasteiger partial charge on any atom is 0.140 e. The van der Waals surface area contributed by atoms with E-state index in [0.29, 0.717) is 6.54 Å². The molecule has 0 aliphatic rings. The molecule has 5 nitrogen and oxygen atoms in total. The first kappa shape index (κ1) is 15.9. The minimum atomic E-state index is -0.126. The van der Waals surface area contributed by atoms with Crippen LogP contribution in [0.15, 0.2) is 15.5 Å². The maximum absolute atomic E-state index is 9.04. The summed E-state index contributed by atoms with van der Waals surface area (Å²) in [6.45, 7) is 2.39. The van der Waals surface area contributed by atoms with Gasteiger partial charge in [0, 0.05) is 13.6 Å². The Morgan fingerprint density at radius 1 is 1.28 bits per heavy atom. The van der Waals surface area contributed by atoms with Crippen LogP contribution in [0.25, 0.3) is 0 Å². The molecule has 0 heterocycles. The van der Waals surface area contributed by atoms with Gasteiger partial charge in [-0.15, -0.1) is 0 Å². The van der Waals surface area contributed by atoms with Crippen LogP contribution >= 0.6 is 24.0 Å². The number of hydrogen-bond acceptors (Lipinski definition) is 7. The first-order chi connectivity index (χ1) is 8.55. The van der Waals surface area contributed by atoms with Crippen LogP contribution in [0.4, 0.5) is 0 Å². The van der Waals surface area contributed by atoms with E-state index < -0.39 is 0 Å². The van der Waals surface area contributed by atoms with Gasteiger partial charge in [-0.1, -0.05) is 24.0 Å². The van der Waals surface area contributed by atoms with Crippen molar-refractivity contribution in [1.82, 2.24) is 4.90 Å². The molecule has 0 bridgehead atoms. The van der Waals surface area contributed by atoms with Gasteiger partial charge in [0.15, 0.2) is 0 Å². The average molecular weight is 275 g/mol. The summed E-state index contributed by atoms with van der Waals surface area (Å²) in [4.78, 5) is 1.62. The molecule has 0 aliphatic heterocycles. The summed E-state index contributed by atoms with van der Waals surface area (Å²) in [7, 11) is 1.67. The summed E-state index contributed by atoms with van der Waals surface area (Å²) in [5, 5.41) is 33.7. The van der Waals surface area contributed by atoms with Crippen LogP contribution in [0.1, 0.15) is 6.92 Å². The van der Waals surface area contributed by atoms with Crippen molar-refractivity contribution < 1.29 is 0 Å². The van der Waals surface area contributed by atoms with Gasteiger partial charge in [-0.3, -0.25) is 5.41 Å². The van der Waals surface area contributed by atoms with Crippen LogP contribution in [0, 0.1) is 39.4 Å². The number of thiocarbonyl (C=S) groups is 1. The highest BCUT2D eigenvalue weighted by molar-refractivity contribution is 8.09. The first-order valence-electron chi connectivity index (χ1n) is 4.73. The molecule has 0 spiro atoms. The normalized spacial score (nSPS) is 9.94. The van der Waals surface area contributed by atoms with E-state index in [0.717, 1.165) is 11.8 Å². The van der Waals surface area contributed by atoms with E-state index in [1.165, 1.54) is 0 Å². The third kappa shape index (κ3) is 4.05. The molecule has 1 N–H and O–H groups in total. The van der Waals surface area contributed by atoms with Gasteiger partial charge in [-0.05, 0) is 12.8 Å². The predicted octanol–water partition coefficient (Wildman–Crippen LogP) is 1.96. The van der Waals surface area contributed by atoms with Crippen LogP contribution in [0.2, 0.25) is 0 Å². The summed E-state index contributed by atoms with van der Waals surface area (Å²) >= 11 is 5.54. The first-order valence-corrected chi connectivity index (χ1v) is 5.95. The van der Waals surface area contributed by atoms with Gasteiger partial charge in [0.25, 0.3) is 0 Å². The number of hydrogen-bond donors (Lipinski definition) is 1. The molecule has 0 unspecified atom stereocenters. The number of nitrogens with zero attached hydrogens (tertiary/aromatic N) is 4. The quantitative estimate of drug-likeness (QED) is 0.356. The van der Waals surface area contributed by atoms with Crippen LogP contribution in [-0.2, 0) is 0 Å². The largest absolute Gasteiger partial charge is 0.365 e. The Hall–Kier alpha value is -2.10. The lowest BCUT2D eigenvalue weighted by Gasteiger charge is -2.15. The molecule has 0 amide bonds. The topological polar surface area (TPSA) is 98.5 Å². The molecule has 0 saturated heterocycles.